The summed E-state index contributed by atoms with van der Waals surface area (Å²) in [6.45, 7) is 2.06. The number of H-pyrrole nitrogens is 1. The second kappa shape index (κ2) is 6.35. The Bertz CT molecular complexity index is 848. The summed E-state index contributed by atoms with van der Waals surface area (Å²) in [6.07, 6.45) is -0.495. The summed E-state index contributed by atoms with van der Waals surface area (Å²) in [5.74, 6) is 0.522. The second-order valence-electron chi connectivity index (χ2n) is 5.98. The van der Waals surface area contributed by atoms with Crippen LogP contribution in [-0.2, 0) is 4.74 Å². The topological polar surface area (TPSA) is 92.8 Å². The van der Waals surface area contributed by atoms with Crippen LogP contribution < -0.4 is 5.32 Å². The van der Waals surface area contributed by atoms with Crippen LogP contribution in [0.25, 0.3) is 11.1 Å². The molecule has 2 N–H and O–H groups in total. The highest BCUT2D eigenvalue weighted by atomic mass is 16.5. The maximum absolute atomic E-state index is 12.1. The number of fused-ring (bicyclic) bond motifs is 3. The summed E-state index contributed by atoms with van der Waals surface area (Å²) in [5, 5.41) is 16.1. The van der Waals surface area contributed by atoms with E-state index in [1.54, 1.807) is 6.92 Å². The molecule has 2 aromatic carbocycles. The van der Waals surface area contributed by atoms with Crippen LogP contribution in [0.5, 0.6) is 0 Å². The monoisotopic (exact) mass is 335 g/mol. The van der Waals surface area contributed by atoms with E-state index in [0.717, 1.165) is 0 Å². The van der Waals surface area contributed by atoms with Gasteiger partial charge < -0.3 is 10.1 Å². The molecule has 1 aliphatic rings. The molecule has 0 aliphatic heterocycles. The molecule has 0 unspecified atom stereocenters. The molecule has 0 bridgehead atoms. The summed E-state index contributed by atoms with van der Waals surface area (Å²) < 4.78 is 5.48. The van der Waals surface area contributed by atoms with Crippen molar-refractivity contribution in [3.63, 3.8) is 0 Å². The largest absolute Gasteiger partial charge is 0.449 e. The van der Waals surface area contributed by atoms with Gasteiger partial charge in [-0.3, -0.25) is 0 Å². The molecule has 7 nitrogen and oxygen atoms in total. The fraction of sp³-hybridized carbons (Fsp3) is 0.222. The van der Waals surface area contributed by atoms with Crippen molar-refractivity contribution in [2.45, 2.75) is 18.9 Å². The fourth-order valence-electron chi connectivity index (χ4n) is 3.24. The SMILES string of the molecule is C[C@H](NC(=O)OCC1c2ccccc2-c2ccccc21)c1nnn[nH]1. The van der Waals surface area contributed by atoms with E-state index in [1.807, 2.05) is 24.3 Å². The lowest BCUT2D eigenvalue weighted by atomic mass is 9.98. The number of alkyl carbamates (subject to hydrolysis) is 1. The minimum Gasteiger partial charge on any atom is -0.449 e. The van der Waals surface area contributed by atoms with E-state index in [-0.39, 0.29) is 18.6 Å². The molecule has 1 amide bonds. The van der Waals surface area contributed by atoms with Gasteiger partial charge in [0, 0.05) is 5.92 Å². The first-order valence-corrected chi connectivity index (χ1v) is 8.09. The Morgan fingerprint density at radius 1 is 1.16 bits per heavy atom. The van der Waals surface area contributed by atoms with Crippen LogP contribution in [-0.4, -0.2) is 33.3 Å². The van der Waals surface area contributed by atoms with E-state index < -0.39 is 6.09 Å². The molecule has 0 saturated heterocycles. The van der Waals surface area contributed by atoms with E-state index in [2.05, 4.69) is 50.2 Å². The fourth-order valence-corrected chi connectivity index (χ4v) is 3.24. The molecule has 0 fully saturated rings. The zero-order valence-corrected chi connectivity index (χ0v) is 13.6. The summed E-state index contributed by atoms with van der Waals surface area (Å²) in [7, 11) is 0. The van der Waals surface area contributed by atoms with Gasteiger partial charge in [0.25, 0.3) is 0 Å². The first-order valence-electron chi connectivity index (χ1n) is 8.09. The molecule has 1 aromatic heterocycles. The molecule has 126 valence electrons. The Balaban J connectivity index is 1.47. The van der Waals surface area contributed by atoms with Gasteiger partial charge >= 0.3 is 6.09 Å². The average Bonchev–Trinajstić information content (AvgIpc) is 3.27. The predicted octanol–water partition coefficient (Wildman–Crippen LogP) is 2.80. The number of nitrogens with one attached hydrogen (secondary N) is 2. The molecule has 7 heteroatoms. The zero-order valence-electron chi connectivity index (χ0n) is 13.6. The van der Waals surface area contributed by atoms with Crippen molar-refractivity contribution >= 4 is 6.09 Å². The van der Waals surface area contributed by atoms with E-state index in [9.17, 15) is 4.79 Å². The van der Waals surface area contributed by atoms with Crippen LogP contribution in [0.1, 0.15) is 35.8 Å². The Labute approximate surface area is 144 Å². The van der Waals surface area contributed by atoms with Gasteiger partial charge in [0.2, 0.25) is 0 Å². The highest BCUT2D eigenvalue weighted by molar-refractivity contribution is 5.79. The summed E-state index contributed by atoms with van der Waals surface area (Å²) in [6, 6.07) is 16.1. The van der Waals surface area contributed by atoms with Gasteiger partial charge in [-0.25, -0.2) is 9.89 Å². The number of carbonyl (C=O) groups excluding carboxylic acids is 1. The van der Waals surface area contributed by atoms with E-state index in [0.29, 0.717) is 5.82 Å². The number of amides is 1. The van der Waals surface area contributed by atoms with Gasteiger partial charge in [0.05, 0.1) is 6.04 Å². The number of carbonyl (C=O) groups is 1. The lowest BCUT2D eigenvalue weighted by Crippen LogP contribution is -2.29. The van der Waals surface area contributed by atoms with E-state index in [1.165, 1.54) is 22.3 Å². The van der Waals surface area contributed by atoms with Crippen LogP contribution in [0.2, 0.25) is 0 Å². The molecule has 1 heterocycles. The molecule has 0 saturated carbocycles. The molecular formula is C18H17N5O2. The smallest absolute Gasteiger partial charge is 0.407 e. The van der Waals surface area contributed by atoms with Crippen molar-refractivity contribution in [2.75, 3.05) is 6.61 Å². The number of hydrogen-bond donors (Lipinski definition) is 2. The summed E-state index contributed by atoms with van der Waals surface area (Å²) in [4.78, 5) is 12.1. The first-order chi connectivity index (χ1) is 12.2. The Morgan fingerprint density at radius 2 is 1.80 bits per heavy atom. The Morgan fingerprint density at radius 3 is 2.40 bits per heavy atom. The van der Waals surface area contributed by atoms with Gasteiger partial charge in [-0.1, -0.05) is 48.5 Å². The number of rotatable bonds is 4. The predicted molar refractivity (Wildman–Crippen MR) is 90.8 cm³/mol. The van der Waals surface area contributed by atoms with Crippen molar-refractivity contribution < 1.29 is 9.53 Å². The average molecular weight is 335 g/mol. The summed E-state index contributed by atoms with van der Waals surface area (Å²) >= 11 is 0. The van der Waals surface area contributed by atoms with Gasteiger partial charge in [0.1, 0.15) is 6.61 Å². The molecule has 0 radical (unpaired) electrons. The molecule has 1 atom stereocenters. The minimum atomic E-state index is -0.495. The number of hydrogen-bond acceptors (Lipinski definition) is 5. The molecule has 0 spiro atoms. The maximum atomic E-state index is 12.1. The molecule has 25 heavy (non-hydrogen) atoms. The highest BCUT2D eigenvalue weighted by Crippen LogP contribution is 2.44. The van der Waals surface area contributed by atoms with Crippen LogP contribution in [0.4, 0.5) is 4.79 Å². The molecule has 4 rings (SSSR count). The quantitative estimate of drug-likeness (QED) is 0.765. The van der Waals surface area contributed by atoms with Crippen molar-refractivity contribution in [1.29, 1.82) is 0 Å². The standard InChI is InChI=1S/C18H17N5O2/c1-11(17-20-22-23-21-17)19-18(24)25-10-16-14-8-4-2-6-12(14)13-7-3-5-9-15(13)16/h2-9,11,16H,10H2,1H3,(H,19,24)(H,20,21,22,23)/t11-/m0/s1. The third-order valence-corrected chi connectivity index (χ3v) is 4.45. The van der Waals surface area contributed by atoms with Crippen LogP contribution in [0.15, 0.2) is 48.5 Å². The van der Waals surface area contributed by atoms with Crippen LogP contribution in [0.3, 0.4) is 0 Å². The summed E-state index contributed by atoms with van der Waals surface area (Å²) in [5.41, 5.74) is 4.77. The van der Waals surface area contributed by atoms with Gasteiger partial charge in [-0.2, -0.15) is 0 Å². The maximum Gasteiger partial charge on any atom is 0.407 e. The molecular weight excluding hydrogens is 318 g/mol. The lowest BCUT2D eigenvalue weighted by molar-refractivity contribution is 0.139. The number of nitrogens with zero attached hydrogens (tertiary/aromatic N) is 3. The third kappa shape index (κ3) is 2.84. The first kappa shape index (κ1) is 15.3. The van der Waals surface area contributed by atoms with Crippen molar-refractivity contribution in [1.82, 2.24) is 25.9 Å². The minimum absolute atomic E-state index is 0.0420. The van der Waals surface area contributed by atoms with E-state index in [4.69, 9.17) is 4.74 Å². The van der Waals surface area contributed by atoms with Gasteiger partial charge in [-0.15, -0.1) is 5.10 Å². The Hall–Kier alpha value is -3.22. The third-order valence-electron chi connectivity index (χ3n) is 4.45. The highest BCUT2D eigenvalue weighted by Gasteiger charge is 2.29. The van der Waals surface area contributed by atoms with Crippen molar-refractivity contribution in [2.24, 2.45) is 0 Å². The van der Waals surface area contributed by atoms with Crippen LogP contribution >= 0.6 is 0 Å². The molecule has 3 aromatic rings. The number of tetrazole rings is 1. The number of benzene rings is 2. The number of aromatic nitrogens is 4. The van der Waals surface area contributed by atoms with E-state index >= 15 is 0 Å². The van der Waals surface area contributed by atoms with Gasteiger partial charge in [0.15, 0.2) is 5.82 Å². The van der Waals surface area contributed by atoms with Crippen molar-refractivity contribution in [3.8, 4) is 11.1 Å². The van der Waals surface area contributed by atoms with Crippen LogP contribution in [0, 0.1) is 0 Å². The number of aromatic amines is 1. The normalized spacial score (nSPS) is 13.8. The van der Waals surface area contributed by atoms with Crippen molar-refractivity contribution in [3.05, 3.63) is 65.5 Å². The number of ether oxygens (including phenoxy) is 1. The molecule has 1 aliphatic carbocycles. The Kier molecular flexibility index (Phi) is 3.89. The lowest BCUT2D eigenvalue weighted by Gasteiger charge is -2.16. The van der Waals surface area contributed by atoms with Gasteiger partial charge in [-0.05, 0) is 39.6 Å². The second-order valence-corrected chi connectivity index (χ2v) is 5.98. The zero-order chi connectivity index (χ0) is 17.2.